The lowest BCUT2D eigenvalue weighted by Crippen LogP contribution is -2.37. The zero-order valence-electron chi connectivity index (χ0n) is 11.1. The van der Waals surface area contributed by atoms with Gasteiger partial charge in [-0.1, -0.05) is 5.16 Å². The third kappa shape index (κ3) is 3.18. The number of halogens is 2. The highest BCUT2D eigenvalue weighted by atomic mass is 19.3. The molecule has 8 heteroatoms. The molecule has 1 aliphatic heterocycles. The Hall–Kier alpha value is -1.41. The van der Waals surface area contributed by atoms with Crippen LogP contribution in [0.1, 0.15) is 31.5 Å². The van der Waals surface area contributed by atoms with E-state index in [1.165, 1.54) is 0 Å². The van der Waals surface area contributed by atoms with E-state index in [4.69, 9.17) is 14.0 Å². The van der Waals surface area contributed by atoms with E-state index < -0.39 is 24.2 Å². The predicted octanol–water partition coefficient (Wildman–Crippen LogP) is 1.49. The molecule has 0 radical (unpaired) electrons. The molecule has 0 unspecified atom stereocenters. The Bertz CT molecular complexity index is 453. The molecule has 1 aromatic heterocycles. The molecule has 0 aromatic carbocycles. The number of hydrogen-bond donors (Lipinski definition) is 0. The number of nitrogens with zero attached hydrogens (tertiary/aromatic N) is 2. The van der Waals surface area contributed by atoms with Crippen molar-refractivity contribution >= 4 is 5.78 Å². The van der Waals surface area contributed by atoms with E-state index in [9.17, 15) is 13.6 Å². The van der Waals surface area contributed by atoms with Crippen molar-refractivity contribution in [2.45, 2.75) is 38.2 Å². The lowest BCUT2D eigenvalue weighted by molar-refractivity contribution is -0.129. The first-order valence-electron chi connectivity index (χ1n) is 6.43. The normalized spacial score (nSPS) is 18.4. The summed E-state index contributed by atoms with van der Waals surface area (Å²) in [6, 6.07) is 0. The maximum atomic E-state index is 12.2. The molecule has 0 amide bonds. The van der Waals surface area contributed by atoms with E-state index in [1.807, 2.05) is 6.92 Å². The number of alkyl halides is 2. The first-order valence-corrected chi connectivity index (χ1v) is 6.43. The van der Waals surface area contributed by atoms with Crippen LogP contribution in [0, 0.1) is 0 Å². The van der Waals surface area contributed by atoms with Gasteiger partial charge in [0, 0.05) is 32.7 Å². The second kappa shape index (κ2) is 6.36. The highest BCUT2D eigenvalue weighted by Crippen LogP contribution is 2.34. The molecule has 0 saturated carbocycles. The number of Topliss-reactive ketones (excluding diaryl/α,β-unsaturated/α-hetero) is 1. The van der Waals surface area contributed by atoms with Gasteiger partial charge in [-0.15, -0.1) is 0 Å². The Morgan fingerprint density at radius 3 is 2.75 bits per heavy atom. The van der Waals surface area contributed by atoms with Crippen LogP contribution >= 0.6 is 0 Å². The largest absolute Gasteiger partial charge is 0.381 e. The summed E-state index contributed by atoms with van der Waals surface area (Å²) in [5.41, 5.74) is -0.720. The SMILES string of the molecule is CCOC1(c2noc(CC(=O)C(F)F)n2)CCOCC1. The fourth-order valence-electron chi connectivity index (χ4n) is 2.15. The predicted molar refractivity (Wildman–Crippen MR) is 62.4 cm³/mol. The topological polar surface area (TPSA) is 74.5 Å². The third-order valence-corrected chi connectivity index (χ3v) is 3.17. The highest BCUT2D eigenvalue weighted by Gasteiger charge is 2.40. The van der Waals surface area contributed by atoms with Gasteiger partial charge in [0.2, 0.25) is 17.5 Å². The van der Waals surface area contributed by atoms with Gasteiger partial charge in [0.25, 0.3) is 6.43 Å². The van der Waals surface area contributed by atoms with Crippen LogP contribution in [0.2, 0.25) is 0 Å². The number of carbonyl (C=O) groups is 1. The number of ether oxygens (including phenoxy) is 2. The summed E-state index contributed by atoms with van der Waals surface area (Å²) in [5.74, 6) is -1.06. The molecule has 112 valence electrons. The zero-order chi connectivity index (χ0) is 14.6. The second-order valence-corrected chi connectivity index (χ2v) is 4.50. The maximum absolute atomic E-state index is 12.2. The molecule has 1 saturated heterocycles. The Morgan fingerprint density at radius 1 is 1.45 bits per heavy atom. The number of ketones is 1. The molecule has 2 rings (SSSR count). The van der Waals surface area contributed by atoms with Crippen molar-refractivity contribution in [1.82, 2.24) is 10.1 Å². The molecule has 1 fully saturated rings. The Morgan fingerprint density at radius 2 is 2.15 bits per heavy atom. The van der Waals surface area contributed by atoms with Crippen molar-refractivity contribution in [2.75, 3.05) is 19.8 Å². The van der Waals surface area contributed by atoms with Gasteiger partial charge >= 0.3 is 0 Å². The fraction of sp³-hybridized carbons (Fsp3) is 0.750. The lowest BCUT2D eigenvalue weighted by Gasteiger charge is -2.33. The van der Waals surface area contributed by atoms with Crippen molar-refractivity contribution in [2.24, 2.45) is 0 Å². The first-order chi connectivity index (χ1) is 9.57. The summed E-state index contributed by atoms with van der Waals surface area (Å²) >= 11 is 0. The van der Waals surface area contributed by atoms with E-state index in [2.05, 4.69) is 10.1 Å². The lowest BCUT2D eigenvalue weighted by atomic mass is 9.93. The molecule has 2 heterocycles. The van der Waals surface area contributed by atoms with Crippen LogP contribution in [0.15, 0.2) is 4.52 Å². The molecular weight excluding hydrogens is 274 g/mol. The second-order valence-electron chi connectivity index (χ2n) is 4.50. The zero-order valence-corrected chi connectivity index (χ0v) is 11.1. The average molecular weight is 290 g/mol. The van der Waals surface area contributed by atoms with Crippen molar-refractivity contribution in [3.05, 3.63) is 11.7 Å². The Kier molecular flexibility index (Phi) is 4.77. The molecule has 20 heavy (non-hydrogen) atoms. The Balaban J connectivity index is 2.14. The molecule has 0 spiro atoms. The van der Waals surface area contributed by atoms with E-state index in [0.717, 1.165) is 0 Å². The van der Waals surface area contributed by atoms with Crippen molar-refractivity contribution < 1.29 is 27.6 Å². The van der Waals surface area contributed by atoms with Crippen molar-refractivity contribution in [3.63, 3.8) is 0 Å². The first kappa shape index (κ1) is 15.0. The van der Waals surface area contributed by atoms with Gasteiger partial charge in [0.15, 0.2) is 0 Å². The van der Waals surface area contributed by atoms with Crippen LogP contribution in [-0.2, 0) is 26.3 Å². The van der Waals surface area contributed by atoms with Crippen LogP contribution in [0.4, 0.5) is 8.78 Å². The molecule has 0 bridgehead atoms. The number of rotatable bonds is 6. The molecule has 1 aliphatic rings. The van der Waals surface area contributed by atoms with Crippen LogP contribution in [0.3, 0.4) is 0 Å². The quantitative estimate of drug-likeness (QED) is 0.790. The summed E-state index contributed by atoms with van der Waals surface area (Å²) in [7, 11) is 0. The molecule has 1 aromatic rings. The van der Waals surface area contributed by atoms with Crippen molar-refractivity contribution in [1.29, 1.82) is 0 Å². The minimum atomic E-state index is -3.03. The molecular formula is C12H16F2N2O4. The van der Waals surface area contributed by atoms with Gasteiger partial charge < -0.3 is 14.0 Å². The summed E-state index contributed by atoms with van der Waals surface area (Å²) in [4.78, 5) is 15.0. The van der Waals surface area contributed by atoms with Gasteiger partial charge in [-0.25, -0.2) is 8.78 Å². The Labute approximate surface area is 114 Å². The molecule has 0 atom stereocenters. The number of carbonyl (C=O) groups excluding carboxylic acids is 1. The minimum absolute atomic E-state index is 0.115. The van der Waals surface area contributed by atoms with E-state index in [0.29, 0.717) is 38.5 Å². The van der Waals surface area contributed by atoms with Gasteiger partial charge in [0.05, 0.1) is 6.42 Å². The third-order valence-electron chi connectivity index (χ3n) is 3.17. The maximum Gasteiger partial charge on any atom is 0.296 e. The van der Waals surface area contributed by atoms with Crippen LogP contribution in [0.25, 0.3) is 0 Å². The summed E-state index contributed by atoms with van der Waals surface area (Å²) in [6.07, 6.45) is -2.48. The fourth-order valence-corrected chi connectivity index (χ4v) is 2.15. The van der Waals surface area contributed by atoms with Gasteiger partial charge in [-0.3, -0.25) is 4.79 Å². The van der Waals surface area contributed by atoms with E-state index in [-0.39, 0.29) is 5.89 Å². The summed E-state index contributed by atoms with van der Waals surface area (Å²) in [6.45, 7) is 3.30. The monoisotopic (exact) mass is 290 g/mol. The van der Waals surface area contributed by atoms with Crippen molar-refractivity contribution in [3.8, 4) is 0 Å². The van der Waals surface area contributed by atoms with Gasteiger partial charge in [-0.05, 0) is 6.92 Å². The molecule has 6 nitrogen and oxygen atoms in total. The van der Waals surface area contributed by atoms with Crippen LogP contribution in [0.5, 0.6) is 0 Å². The standard InChI is InChI=1S/C12H16F2N2O4/c1-2-19-12(3-5-18-6-4-12)11-15-9(20-16-11)7-8(17)10(13)14/h10H,2-7H2,1H3. The molecule has 0 N–H and O–H groups in total. The molecule has 0 aliphatic carbocycles. The van der Waals surface area contributed by atoms with Crippen LogP contribution in [-0.4, -0.2) is 42.2 Å². The number of aromatic nitrogens is 2. The average Bonchev–Trinajstić information content (AvgIpc) is 2.89. The smallest absolute Gasteiger partial charge is 0.296 e. The summed E-state index contributed by atoms with van der Waals surface area (Å²) < 4.78 is 40.3. The van der Waals surface area contributed by atoms with E-state index in [1.54, 1.807) is 0 Å². The van der Waals surface area contributed by atoms with E-state index >= 15 is 0 Å². The van der Waals surface area contributed by atoms with Crippen LogP contribution < -0.4 is 0 Å². The minimum Gasteiger partial charge on any atom is -0.381 e. The summed E-state index contributed by atoms with van der Waals surface area (Å²) in [5, 5.41) is 3.78. The van der Waals surface area contributed by atoms with Gasteiger partial charge in [-0.2, -0.15) is 4.98 Å². The highest BCUT2D eigenvalue weighted by molar-refractivity contribution is 5.82. The number of hydrogen-bond acceptors (Lipinski definition) is 6. The van der Waals surface area contributed by atoms with Gasteiger partial charge in [0.1, 0.15) is 5.60 Å².